The molecule has 8 heteroatoms. The van der Waals surface area contributed by atoms with Crippen LogP contribution in [0.15, 0.2) is 18.2 Å². The van der Waals surface area contributed by atoms with E-state index in [2.05, 4.69) is 15.5 Å². The van der Waals surface area contributed by atoms with Crippen molar-refractivity contribution < 1.29 is 9.53 Å². The van der Waals surface area contributed by atoms with Crippen LogP contribution < -0.4 is 10.1 Å². The Bertz CT molecular complexity index is 737. The molecule has 0 aliphatic carbocycles. The Morgan fingerprint density at radius 2 is 2.29 bits per heavy atom. The molecule has 24 heavy (non-hydrogen) atoms. The van der Waals surface area contributed by atoms with Crippen LogP contribution in [-0.4, -0.2) is 41.3 Å². The Labute approximate surface area is 149 Å². The van der Waals surface area contributed by atoms with Crippen molar-refractivity contribution in [2.24, 2.45) is 0 Å². The second kappa shape index (κ2) is 7.36. The molecule has 6 nitrogen and oxygen atoms in total. The highest BCUT2D eigenvalue weighted by molar-refractivity contribution is 7.11. The van der Waals surface area contributed by atoms with Gasteiger partial charge in [-0.05, 0) is 38.0 Å². The van der Waals surface area contributed by atoms with Gasteiger partial charge in [-0.1, -0.05) is 11.6 Å². The maximum Gasteiger partial charge on any atom is 0.321 e. The molecule has 3 rings (SSSR count). The fourth-order valence-electron chi connectivity index (χ4n) is 2.81. The number of hydrogen-bond donors (Lipinski definition) is 1. The van der Waals surface area contributed by atoms with Crippen LogP contribution >= 0.6 is 22.9 Å². The summed E-state index contributed by atoms with van der Waals surface area (Å²) >= 11 is 7.62. The summed E-state index contributed by atoms with van der Waals surface area (Å²) in [5, 5.41) is 13.7. The molecule has 1 unspecified atom stereocenters. The van der Waals surface area contributed by atoms with Gasteiger partial charge < -0.3 is 15.0 Å². The number of amides is 2. The van der Waals surface area contributed by atoms with Crippen molar-refractivity contribution >= 4 is 34.7 Å². The van der Waals surface area contributed by atoms with E-state index in [4.69, 9.17) is 16.3 Å². The predicted molar refractivity (Wildman–Crippen MR) is 95.2 cm³/mol. The molecular formula is C16H19ClN4O2S. The van der Waals surface area contributed by atoms with Gasteiger partial charge in [0.05, 0.1) is 12.8 Å². The van der Waals surface area contributed by atoms with E-state index in [1.807, 2.05) is 11.8 Å². The summed E-state index contributed by atoms with van der Waals surface area (Å²) in [4.78, 5) is 14.4. The number of anilines is 1. The molecule has 1 atom stereocenters. The molecule has 0 radical (unpaired) electrons. The third-order valence-electron chi connectivity index (χ3n) is 4.00. The number of benzene rings is 1. The topological polar surface area (TPSA) is 67.3 Å². The number of hydrogen-bond acceptors (Lipinski definition) is 5. The Hall–Kier alpha value is -1.86. The minimum absolute atomic E-state index is 0.151. The third kappa shape index (κ3) is 3.79. The summed E-state index contributed by atoms with van der Waals surface area (Å²) < 4.78 is 5.27. The fraction of sp³-hybridized carbons (Fsp3) is 0.438. The third-order valence-corrected chi connectivity index (χ3v) is 5.24. The van der Waals surface area contributed by atoms with E-state index in [1.165, 1.54) is 0 Å². The standard InChI is InChI=1S/C16H19ClN4O2S/c1-10-19-20-15(24-10)11-4-3-7-21(9-11)16(22)18-13-8-12(17)5-6-14(13)23-2/h5-6,8,11H,3-4,7,9H2,1-2H3,(H,18,22). The molecule has 2 aromatic rings. The van der Waals surface area contributed by atoms with E-state index in [0.717, 1.165) is 29.4 Å². The van der Waals surface area contributed by atoms with Gasteiger partial charge in [-0.2, -0.15) is 0 Å². The van der Waals surface area contributed by atoms with E-state index in [1.54, 1.807) is 36.6 Å². The summed E-state index contributed by atoms with van der Waals surface area (Å²) in [5.41, 5.74) is 0.573. The van der Waals surface area contributed by atoms with Crippen LogP contribution in [0.5, 0.6) is 5.75 Å². The lowest BCUT2D eigenvalue weighted by Crippen LogP contribution is -2.41. The molecule has 1 aromatic carbocycles. The van der Waals surface area contributed by atoms with Crippen molar-refractivity contribution in [1.82, 2.24) is 15.1 Å². The first-order valence-electron chi connectivity index (χ1n) is 7.76. The number of piperidine rings is 1. The van der Waals surface area contributed by atoms with Gasteiger partial charge in [0.2, 0.25) is 0 Å². The van der Waals surface area contributed by atoms with E-state index in [0.29, 0.717) is 23.0 Å². The van der Waals surface area contributed by atoms with E-state index in [9.17, 15) is 4.79 Å². The van der Waals surface area contributed by atoms with Gasteiger partial charge in [0, 0.05) is 24.0 Å². The van der Waals surface area contributed by atoms with Crippen LogP contribution in [0.4, 0.5) is 10.5 Å². The van der Waals surface area contributed by atoms with Gasteiger partial charge in [-0.25, -0.2) is 4.79 Å². The number of ether oxygens (including phenoxy) is 1. The summed E-state index contributed by atoms with van der Waals surface area (Å²) in [6, 6.07) is 5.00. The zero-order valence-electron chi connectivity index (χ0n) is 13.6. The average Bonchev–Trinajstić information content (AvgIpc) is 3.02. The number of rotatable bonds is 3. The van der Waals surface area contributed by atoms with Crippen molar-refractivity contribution in [1.29, 1.82) is 0 Å². The SMILES string of the molecule is COc1ccc(Cl)cc1NC(=O)N1CCCC(c2nnc(C)s2)C1. The number of carbonyl (C=O) groups excluding carboxylic acids is 1. The number of nitrogens with one attached hydrogen (secondary N) is 1. The zero-order valence-corrected chi connectivity index (χ0v) is 15.2. The molecule has 2 amide bonds. The van der Waals surface area contributed by atoms with Gasteiger partial charge in [0.25, 0.3) is 0 Å². The number of urea groups is 1. The minimum Gasteiger partial charge on any atom is -0.495 e. The molecule has 1 N–H and O–H groups in total. The number of aryl methyl sites for hydroxylation is 1. The molecule has 2 heterocycles. The normalized spacial score (nSPS) is 17.6. The largest absolute Gasteiger partial charge is 0.495 e. The molecule has 1 aliphatic rings. The lowest BCUT2D eigenvalue weighted by atomic mass is 9.99. The van der Waals surface area contributed by atoms with Gasteiger partial charge >= 0.3 is 6.03 Å². The molecule has 1 aromatic heterocycles. The molecule has 1 aliphatic heterocycles. The number of halogens is 1. The number of aromatic nitrogens is 2. The van der Waals surface area contributed by atoms with Gasteiger partial charge in [-0.15, -0.1) is 21.5 Å². The maximum atomic E-state index is 12.6. The molecule has 0 bridgehead atoms. The summed E-state index contributed by atoms with van der Waals surface area (Å²) in [6.45, 7) is 3.31. The van der Waals surface area contributed by atoms with Crippen molar-refractivity contribution in [3.05, 3.63) is 33.2 Å². The van der Waals surface area contributed by atoms with Crippen LogP contribution in [0.25, 0.3) is 0 Å². The van der Waals surface area contributed by atoms with E-state index >= 15 is 0 Å². The lowest BCUT2D eigenvalue weighted by molar-refractivity contribution is 0.192. The number of methoxy groups -OCH3 is 1. The molecule has 128 valence electrons. The molecule has 1 saturated heterocycles. The van der Waals surface area contributed by atoms with Gasteiger partial charge in [0.1, 0.15) is 15.8 Å². The summed E-state index contributed by atoms with van der Waals surface area (Å²) in [7, 11) is 1.56. The lowest BCUT2D eigenvalue weighted by Gasteiger charge is -2.31. The zero-order chi connectivity index (χ0) is 17.1. The Morgan fingerprint density at radius 1 is 1.46 bits per heavy atom. The van der Waals surface area contributed by atoms with Gasteiger partial charge in [0.15, 0.2) is 0 Å². The molecular weight excluding hydrogens is 348 g/mol. The van der Waals surface area contributed by atoms with Crippen LogP contribution in [0.3, 0.4) is 0 Å². The molecule has 0 spiro atoms. The van der Waals surface area contributed by atoms with Crippen molar-refractivity contribution in [3.63, 3.8) is 0 Å². The first-order valence-corrected chi connectivity index (χ1v) is 8.95. The summed E-state index contributed by atoms with van der Waals surface area (Å²) in [5.74, 6) is 0.831. The Kier molecular flexibility index (Phi) is 5.20. The second-order valence-electron chi connectivity index (χ2n) is 5.72. The number of carbonyl (C=O) groups is 1. The van der Waals surface area contributed by atoms with Crippen LogP contribution in [0.2, 0.25) is 5.02 Å². The number of likely N-dealkylation sites (tertiary alicyclic amines) is 1. The fourth-order valence-corrected chi connectivity index (χ4v) is 3.81. The van der Waals surface area contributed by atoms with Crippen molar-refractivity contribution in [2.75, 3.05) is 25.5 Å². The quantitative estimate of drug-likeness (QED) is 0.893. The highest BCUT2D eigenvalue weighted by Crippen LogP contribution is 2.31. The maximum absolute atomic E-state index is 12.6. The monoisotopic (exact) mass is 366 g/mol. The molecule has 1 fully saturated rings. The van der Waals surface area contributed by atoms with E-state index in [-0.39, 0.29) is 11.9 Å². The minimum atomic E-state index is -0.151. The molecule has 0 saturated carbocycles. The smallest absolute Gasteiger partial charge is 0.321 e. The van der Waals surface area contributed by atoms with Crippen LogP contribution in [0.1, 0.15) is 28.8 Å². The average molecular weight is 367 g/mol. The highest BCUT2D eigenvalue weighted by atomic mass is 35.5. The van der Waals surface area contributed by atoms with E-state index < -0.39 is 0 Å². The first-order chi connectivity index (χ1) is 11.6. The Balaban J connectivity index is 1.70. The van der Waals surface area contributed by atoms with Gasteiger partial charge in [-0.3, -0.25) is 0 Å². The van der Waals surface area contributed by atoms with Crippen LogP contribution in [0, 0.1) is 6.92 Å². The van der Waals surface area contributed by atoms with Crippen molar-refractivity contribution in [2.45, 2.75) is 25.7 Å². The summed E-state index contributed by atoms with van der Waals surface area (Å²) in [6.07, 6.45) is 1.97. The van der Waals surface area contributed by atoms with Crippen molar-refractivity contribution in [3.8, 4) is 5.75 Å². The predicted octanol–water partition coefficient (Wildman–Crippen LogP) is 3.92. The highest BCUT2D eigenvalue weighted by Gasteiger charge is 2.27. The Morgan fingerprint density at radius 3 is 3.00 bits per heavy atom. The van der Waals surface area contributed by atoms with Crippen LogP contribution in [-0.2, 0) is 0 Å². The second-order valence-corrected chi connectivity index (χ2v) is 7.37. The first kappa shape index (κ1) is 17.0. The number of nitrogens with zero attached hydrogens (tertiary/aromatic N) is 3.